The number of thiocarbonyl (C=S) groups is 1. The molecule has 5 heteroatoms. The van der Waals surface area contributed by atoms with Crippen LogP contribution in [0.5, 0.6) is 0 Å². The third kappa shape index (κ3) is 3.01. The molecule has 0 unspecified atom stereocenters. The van der Waals surface area contributed by atoms with Crippen LogP contribution in [-0.4, -0.2) is 15.0 Å². The summed E-state index contributed by atoms with van der Waals surface area (Å²) in [6.07, 6.45) is 5.33. The molecule has 4 nitrogen and oxygen atoms in total. The van der Waals surface area contributed by atoms with Crippen molar-refractivity contribution >= 4 is 22.9 Å². The quantitative estimate of drug-likeness (QED) is 0.822. The Morgan fingerprint density at radius 1 is 1.39 bits per heavy atom. The topological polar surface area (TPSA) is 63.8 Å². The first-order chi connectivity index (χ1) is 8.66. The fraction of sp³-hybridized carbons (Fsp3) is 0.154. The van der Waals surface area contributed by atoms with E-state index in [0.29, 0.717) is 10.7 Å². The van der Waals surface area contributed by atoms with Gasteiger partial charge in [-0.15, -0.1) is 0 Å². The minimum atomic E-state index is 0.304. The molecule has 0 aliphatic heterocycles. The molecule has 0 spiro atoms. The first-order valence-corrected chi connectivity index (χ1v) is 5.97. The highest BCUT2D eigenvalue weighted by atomic mass is 32.1. The number of aromatic nitrogens is 2. The maximum absolute atomic E-state index is 5.55. The minimum Gasteiger partial charge on any atom is -0.388 e. The zero-order chi connectivity index (χ0) is 13.0. The molecular weight excluding hydrogens is 244 g/mol. The number of pyridine rings is 2. The van der Waals surface area contributed by atoms with Crippen molar-refractivity contribution in [2.45, 2.75) is 13.5 Å². The number of rotatable bonds is 4. The van der Waals surface area contributed by atoms with E-state index < -0.39 is 0 Å². The van der Waals surface area contributed by atoms with E-state index in [9.17, 15) is 0 Å². The molecule has 0 saturated heterocycles. The fourth-order valence-electron chi connectivity index (χ4n) is 1.57. The standard InChI is InChI=1S/C13H14N4S/c1-9-7-15-4-2-10(9)8-17-11-3-5-16-12(6-11)13(14)18/h2-7H,8H2,1H3,(H2,14,18)(H,16,17). The maximum atomic E-state index is 5.55. The van der Waals surface area contributed by atoms with Crippen molar-refractivity contribution in [1.29, 1.82) is 0 Å². The van der Waals surface area contributed by atoms with Gasteiger partial charge in [-0.3, -0.25) is 9.97 Å². The summed E-state index contributed by atoms with van der Waals surface area (Å²) in [5.74, 6) is 0. The summed E-state index contributed by atoms with van der Waals surface area (Å²) < 4.78 is 0. The van der Waals surface area contributed by atoms with Gasteiger partial charge in [-0.05, 0) is 36.2 Å². The second-order valence-electron chi connectivity index (χ2n) is 3.95. The molecule has 2 aromatic rings. The van der Waals surface area contributed by atoms with Gasteiger partial charge in [0.05, 0.1) is 5.69 Å². The van der Waals surface area contributed by atoms with Gasteiger partial charge in [0.1, 0.15) is 4.99 Å². The largest absolute Gasteiger partial charge is 0.388 e. The van der Waals surface area contributed by atoms with Gasteiger partial charge in [0, 0.05) is 30.8 Å². The summed E-state index contributed by atoms with van der Waals surface area (Å²) in [6, 6.07) is 5.73. The van der Waals surface area contributed by atoms with Gasteiger partial charge < -0.3 is 11.1 Å². The lowest BCUT2D eigenvalue weighted by molar-refractivity contribution is 1.09. The summed E-state index contributed by atoms with van der Waals surface area (Å²) in [6.45, 7) is 2.77. The molecule has 0 radical (unpaired) electrons. The van der Waals surface area contributed by atoms with E-state index >= 15 is 0 Å². The number of anilines is 1. The molecule has 0 bridgehead atoms. The number of nitrogens with zero attached hydrogens (tertiary/aromatic N) is 2. The van der Waals surface area contributed by atoms with E-state index in [-0.39, 0.29) is 0 Å². The predicted octanol–water partition coefficient (Wildman–Crippen LogP) is 2.03. The molecule has 2 rings (SSSR count). The lowest BCUT2D eigenvalue weighted by atomic mass is 10.1. The van der Waals surface area contributed by atoms with Crippen molar-refractivity contribution in [2.75, 3.05) is 5.32 Å². The Morgan fingerprint density at radius 3 is 2.94 bits per heavy atom. The molecule has 2 heterocycles. The Bertz CT molecular complexity index is 568. The van der Waals surface area contributed by atoms with Gasteiger partial charge in [0.25, 0.3) is 0 Å². The Hall–Kier alpha value is -2.01. The van der Waals surface area contributed by atoms with Crippen molar-refractivity contribution in [3.8, 4) is 0 Å². The number of nitrogens with one attached hydrogen (secondary N) is 1. The normalized spacial score (nSPS) is 10.1. The second kappa shape index (κ2) is 5.55. The van der Waals surface area contributed by atoms with E-state index in [4.69, 9.17) is 18.0 Å². The van der Waals surface area contributed by atoms with E-state index in [1.165, 1.54) is 5.56 Å². The molecule has 92 valence electrons. The molecule has 0 fully saturated rings. The highest BCUT2D eigenvalue weighted by Crippen LogP contribution is 2.11. The molecule has 0 aliphatic rings. The predicted molar refractivity (Wildman–Crippen MR) is 76.4 cm³/mol. The maximum Gasteiger partial charge on any atom is 0.122 e. The van der Waals surface area contributed by atoms with Gasteiger partial charge in [-0.25, -0.2) is 0 Å². The number of hydrogen-bond donors (Lipinski definition) is 2. The SMILES string of the molecule is Cc1cnccc1CNc1ccnc(C(N)=S)c1. The average molecular weight is 258 g/mol. The summed E-state index contributed by atoms with van der Waals surface area (Å²) in [5, 5.41) is 3.31. The van der Waals surface area contributed by atoms with Crippen LogP contribution in [0.2, 0.25) is 0 Å². The average Bonchev–Trinajstić information content (AvgIpc) is 2.38. The van der Waals surface area contributed by atoms with Gasteiger partial charge >= 0.3 is 0 Å². The molecule has 0 atom stereocenters. The van der Waals surface area contributed by atoms with Crippen LogP contribution in [0.15, 0.2) is 36.8 Å². The number of aryl methyl sites for hydroxylation is 1. The highest BCUT2D eigenvalue weighted by Gasteiger charge is 2.01. The lowest BCUT2D eigenvalue weighted by Crippen LogP contribution is -2.12. The van der Waals surface area contributed by atoms with Crippen LogP contribution < -0.4 is 11.1 Å². The second-order valence-corrected chi connectivity index (χ2v) is 4.39. The Balaban J connectivity index is 2.09. The summed E-state index contributed by atoms with van der Waals surface area (Å²) in [7, 11) is 0. The van der Waals surface area contributed by atoms with E-state index in [2.05, 4.69) is 15.3 Å². The van der Waals surface area contributed by atoms with Crippen LogP contribution in [0.4, 0.5) is 5.69 Å². The van der Waals surface area contributed by atoms with Gasteiger partial charge in [0.2, 0.25) is 0 Å². The molecule has 18 heavy (non-hydrogen) atoms. The zero-order valence-corrected chi connectivity index (χ0v) is 10.9. The van der Waals surface area contributed by atoms with Gasteiger partial charge in [0.15, 0.2) is 0 Å². The third-order valence-electron chi connectivity index (χ3n) is 2.63. The molecule has 0 aliphatic carbocycles. The highest BCUT2D eigenvalue weighted by molar-refractivity contribution is 7.80. The molecule has 0 saturated carbocycles. The minimum absolute atomic E-state index is 0.304. The Morgan fingerprint density at radius 2 is 2.22 bits per heavy atom. The fourth-order valence-corrected chi connectivity index (χ4v) is 1.68. The van der Waals surface area contributed by atoms with E-state index in [1.807, 2.05) is 31.3 Å². The lowest BCUT2D eigenvalue weighted by Gasteiger charge is -2.09. The van der Waals surface area contributed by atoms with E-state index in [1.54, 1.807) is 12.4 Å². The van der Waals surface area contributed by atoms with Gasteiger partial charge in [-0.2, -0.15) is 0 Å². The molecule has 0 amide bonds. The van der Waals surface area contributed by atoms with Crippen LogP contribution in [-0.2, 0) is 6.54 Å². The van der Waals surface area contributed by atoms with Crippen molar-refractivity contribution in [1.82, 2.24) is 9.97 Å². The Labute approximate surface area is 111 Å². The number of hydrogen-bond acceptors (Lipinski definition) is 4. The van der Waals surface area contributed by atoms with Crippen molar-refractivity contribution in [2.24, 2.45) is 5.73 Å². The monoisotopic (exact) mass is 258 g/mol. The molecule has 0 aromatic carbocycles. The summed E-state index contributed by atoms with van der Waals surface area (Å²) in [4.78, 5) is 8.47. The smallest absolute Gasteiger partial charge is 0.122 e. The zero-order valence-electron chi connectivity index (χ0n) is 10.1. The van der Waals surface area contributed by atoms with Crippen LogP contribution >= 0.6 is 12.2 Å². The van der Waals surface area contributed by atoms with Crippen molar-refractivity contribution in [3.05, 3.63) is 53.6 Å². The summed E-state index contributed by atoms with van der Waals surface area (Å²) >= 11 is 4.90. The Kier molecular flexibility index (Phi) is 3.84. The summed E-state index contributed by atoms with van der Waals surface area (Å²) in [5.41, 5.74) is 9.49. The van der Waals surface area contributed by atoms with Crippen molar-refractivity contribution < 1.29 is 0 Å². The molecular formula is C13H14N4S. The van der Waals surface area contributed by atoms with Crippen molar-refractivity contribution in [3.63, 3.8) is 0 Å². The molecule has 2 aromatic heterocycles. The van der Waals surface area contributed by atoms with Crippen LogP contribution in [0.25, 0.3) is 0 Å². The van der Waals surface area contributed by atoms with Crippen LogP contribution in [0.3, 0.4) is 0 Å². The first kappa shape index (κ1) is 12.4. The first-order valence-electron chi connectivity index (χ1n) is 5.56. The third-order valence-corrected chi connectivity index (χ3v) is 2.84. The van der Waals surface area contributed by atoms with E-state index in [0.717, 1.165) is 17.8 Å². The van der Waals surface area contributed by atoms with Gasteiger partial charge in [-0.1, -0.05) is 12.2 Å². The van der Waals surface area contributed by atoms with Crippen LogP contribution in [0, 0.1) is 6.92 Å². The molecule has 3 N–H and O–H groups in total. The van der Waals surface area contributed by atoms with Crippen LogP contribution in [0.1, 0.15) is 16.8 Å². The number of nitrogens with two attached hydrogens (primary N) is 1.